The molecule has 5 rings (SSSR count). The van der Waals surface area contributed by atoms with Crippen molar-refractivity contribution in [2.75, 3.05) is 13.1 Å². The fourth-order valence-electron chi connectivity index (χ4n) is 6.20. The van der Waals surface area contributed by atoms with Crippen LogP contribution in [0.1, 0.15) is 50.5 Å². The minimum absolute atomic E-state index is 0. The first-order chi connectivity index (χ1) is 13.6. The highest BCUT2D eigenvalue weighted by atomic mass is 35.5. The van der Waals surface area contributed by atoms with Crippen LogP contribution in [-0.2, 0) is 16.0 Å². The molecule has 1 aromatic rings. The summed E-state index contributed by atoms with van der Waals surface area (Å²) in [6.07, 6.45) is 8.21. The zero-order valence-corrected chi connectivity index (χ0v) is 17.9. The Balaban J connectivity index is 0.00000240. The summed E-state index contributed by atoms with van der Waals surface area (Å²) in [5.74, 6) is 2.14. The van der Waals surface area contributed by atoms with E-state index < -0.39 is 6.04 Å². The van der Waals surface area contributed by atoms with E-state index in [0.717, 1.165) is 31.2 Å². The van der Waals surface area contributed by atoms with E-state index in [1.807, 2.05) is 30.3 Å². The lowest BCUT2D eigenvalue weighted by atomic mass is 9.49. The van der Waals surface area contributed by atoms with Crippen LogP contribution in [-0.4, -0.2) is 30.9 Å². The predicted octanol–water partition coefficient (Wildman–Crippen LogP) is 2.82. The Kier molecular flexibility index (Phi) is 7.23. The molecular formula is C23H34ClN3O2. The van der Waals surface area contributed by atoms with Crippen molar-refractivity contribution in [2.45, 2.75) is 57.4 Å². The van der Waals surface area contributed by atoms with Crippen LogP contribution in [0.15, 0.2) is 30.3 Å². The first-order valence-corrected chi connectivity index (χ1v) is 10.9. The van der Waals surface area contributed by atoms with Crippen molar-refractivity contribution in [1.82, 2.24) is 10.6 Å². The Labute approximate surface area is 180 Å². The van der Waals surface area contributed by atoms with Crippen LogP contribution in [0.3, 0.4) is 0 Å². The van der Waals surface area contributed by atoms with E-state index in [1.54, 1.807) is 0 Å². The van der Waals surface area contributed by atoms with Gasteiger partial charge in [-0.25, -0.2) is 0 Å². The van der Waals surface area contributed by atoms with Gasteiger partial charge in [-0.3, -0.25) is 9.59 Å². The lowest BCUT2D eigenvalue weighted by Gasteiger charge is -2.55. The second kappa shape index (κ2) is 9.48. The molecule has 0 heterocycles. The summed E-state index contributed by atoms with van der Waals surface area (Å²) in [6.45, 7) is 1.09. The van der Waals surface area contributed by atoms with Gasteiger partial charge in [-0.2, -0.15) is 0 Å². The van der Waals surface area contributed by atoms with Crippen molar-refractivity contribution in [3.05, 3.63) is 35.9 Å². The molecule has 4 saturated carbocycles. The first-order valence-electron chi connectivity index (χ1n) is 10.9. The zero-order chi connectivity index (χ0) is 19.6. The normalized spacial score (nSPS) is 30.3. The van der Waals surface area contributed by atoms with Gasteiger partial charge in [-0.15, -0.1) is 12.4 Å². The van der Waals surface area contributed by atoms with E-state index in [-0.39, 0.29) is 29.6 Å². The van der Waals surface area contributed by atoms with Gasteiger partial charge in [0.25, 0.3) is 0 Å². The molecule has 2 amide bonds. The fourth-order valence-corrected chi connectivity index (χ4v) is 6.20. The molecule has 160 valence electrons. The number of nitrogens with one attached hydrogen (secondary N) is 2. The summed E-state index contributed by atoms with van der Waals surface area (Å²) in [4.78, 5) is 26.2. The van der Waals surface area contributed by atoms with Crippen molar-refractivity contribution in [2.24, 2.45) is 28.9 Å². The number of carbonyl (C=O) groups is 2. The molecule has 6 heteroatoms. The summed E-state index contributed by atoms with van der Waals surface area (Å²) in [7, 11) is 0. The molecule has 0 spiro atoms. The summed E-state index contributed by atoms with van der Waals surface area (Å²) < 4.78 is 0. The van der Waals surface area contributed by atoms with Gasteiger partial charge in [0.05, 0.1) is 0 Å². The smallest absolute Gasteiger partial charge is 0.242 e. The molecule has 0 radical (unpaired) electrons. The third-order valence-electron chi connectivity index (χ3n) is 7.10. The Hall–Kier alpha value is -1.59. The third-order valence-corrected chi connectivity index (χ3v) is 7.10. The minimum atomic E-state index is -0.527. The molecule has 1 unspecified atom stereocenters. The van der Waals surface area contributed by atoms with Crippen LogP contribution < -0.4 is 16.4 Å². The average molecular weight is 420 g/mol. The molecule has 4 aliphatic carbocycles. The van der Waals surface area contributed by atoms with Gasteiger partial charge in [-0.05, 0) is 74.8 Å². The number of nitrogens with two attached hydrogens (primary N) is 1. The van der Waals surface area contributed by atoms with Crippen molar-refractivity contribution in [3.8, 4) is 0 Å². The molecule has 0 aliphatic heterocycles. The maximum Gasteiger partial charge on any atom is 0.242 e. The lowest BCUT2D eigenvalue weighted by Crippen LogP contribution is -2.57. The summed E-state index contributed by atoms with van der Waals surface area (Å²) in [6, 6.07) is 9.40. The van der Waals surface area contributed by atoms with Crippen molar-refractivity contribution >= 4 is 24.2 Å². The van der Waals surface area contributed by atoms with E-state index in [1.165, 1.54) is 19.3 Å². The minimum Gasteiger partial charge on any atom is -0.354 e. The molecule has 1 aromatic carbocycles. The predicted molar refractivity (Wildman–Crippen MR) is 117 cm³/mol. The van der Waals surface area contributed by atoms with Gasteiger partial charge >= 0.3 is 0 Å². The molecule has 4 fully saturated rings. The summed E-state index contributed by atoms with van der Waals surface area (Å²) in [5.41, 5.74) is 6.37. The van der Waals surface area contributed by atoms with Crippen molar-refractivity contribution < 1.29 is 9.59 Å². The molecule has 0 aromatic heterocycles. The monoisotopic (exact) mass is 419 g/mol. The summed E-state index contributed by atoms with van der Waals surface area (Å²) in [5, 5.41) is 6.12. The maximum absolute atomic E-state index is 13.4. The molecular weight excluding hydrogens is 386 g/mol. The number of rotatable bonds is 8. The van der Waals surface area contributed by atoms with Gasteiger partial charge in [0.1, 0.15) is 6.04 Å². The third kappa shape index (κ3) is 4.95. The van der Waals surface area contributed by atoms with Crippen molar-refractivity contribution in [3.63, 3.8) is 0 Å². The quantitative estimate of drug-likeness (QED) is 0.566. The number of hydrogen-bond acceptors (Lipinski definition) is 3. The molecule has 4 aliphatic rings. The maximum atomic E-state index is 13.4. The number of carbonyl (C=O) groups excluding carboxylic acids is 2. The Bertz CT molecular complexity index is 674. The van der Waals surface area contributed by atoms with E-state index in [0.29, 0.717) is 37.3 Å². The summed E-state index contributed by atoms with van der Waals surface area (Å²) >= 11 is 0. The SMILES string of the molecule is Cl.NCCCNC(=O)C(Cc1ccccc1)NC(=O)C12CC3CC(CC(C3)C1)C2. The van der Waals surface area contributed by atoms with Crippen molar-refractivity contribution in [1.29, 1.82) is 0 Å². The largest absolute Gasteiger partial charge is 0.354 e. The zero-order valence-electron chi connectivity index (χ0n) is 17.1. The Morgan fingerprint density at radius 2 is 1.62 bits per heavy atom. The Morgan fingerprint density at radius 1 is 1.03 bits per heavy atom. The number of hydrogen-bond donors (Lipinski definition) is 3. The first kappa shape index (κ1) is 22.1. The second-order valence-corrected chi connectivity index (χ2v) is 9.35. The molecule has 4 bridgehead atoms. The van der Waals surface area contributed by atoms with Crippen LogP contribution in [0.5, 0.6) is 0 Å². The average Bonchev–Trinajstić information content (AvgIpc) is 2.67. The highest BCUT2D eigenvalue weighted by Crippen LogP contribution is 2.60. The molecule has 5 nitrogen and oxygen atoms in total. The number of amides is 2. The van der Waals surface area contributed by atoms with Crippen LogP contribution in [0.25, 0.3) is 0 Å². The van der Waals surface area contributed by atoms with Gasteiger partial charge < -0.3 is 16.4 Å². The molecule has 29 heavy (non-hydrogen) atoms. The van der Waals surface area contributed by atoms with Crippen LogP contribution in [0.4, 0.5) is 0 Å². The number of halogens is 1. The van der Waals surface area contributed by atoms with E-state index in [4.69, 9.17) is 5.73 Å². The van der Waals surface area contributed by atoms with Gasteiger partial charge in [0.15, 0.2) is 0 Å². The van der Waals surface area contributed by atoms with Gasteiger partial charge in [-0.1, -0.05) is 30.3 Å². The fraction of sp³-hybridized carbons (Fsp3) is 0.652. The topological polar surface area (TPSA) is 84.2 Å². The van der Waals surface area contributed by atoms with Gasteiger partial charge in [0.2, 0.25) is 11.8 Å². The number of benzene rings is 1. The van der Waals surface area contributed by atoms with Crippen LogP contribution in [0, 0.1) is 23.2 Å². The molecule has 1 atom stereocenters. The van der Waals surface area contributed by atoms with Crippen LogP contribution >= 0.6 is 12.4 Å². The Morgan fingerprint density at radius 3 is 2.17 bits per heavy atom. The van der Waals surface area contributed by atoms with Crippen LogP contribution in [0.2, 0.25) is 0 Å². The standard InChI is InChI=1S/C23H33N3O2.ClH/c24-7-4-8-25-21(27)20(12-16-5-2-1-3-6-16)26-22(28)23-13-17-9-18(14-23)11-19(10-17)15-23;/h1-3,5-6,17-20H,4,7-15,24H2,(H,25,27)(H,26,28);1H. The van der Waals surface area contributed by atoms with Gasteiger partial charge in [0, 0.05) is 18.4 Å². The van der Waals surface area contributed by atoms with E-state index in [9.17, 15) is 9.59 Å². The highest BCUT2D eigenvalue weighted by Gasteiger charge is 2.54. The second-order valence-electron chi connectivity index (χ2n) is 9.35. The van der Waals surface area contributed by atoms with E-state index in [2.05, 4.69) is 10.6 Å². The van der Waals surface area contributed by atoms with E-state index >= 15 is 0 Å². The molecule has 0 saturated heterocycles. The molecule has 4 N–H and O–H groups in total. The lowest BCUT2D eigenvalue weighted by molar-refractivity contribution is -0.148. The highest BCUT2D eigenvalue weighted by molar-refractivity contribution is 5.90.